The largest absolute Gasteiger partial charge is 0.465 e. The summed E-state index contributed by atoms with van der Waals surface area (Å²) in [6.45, 7) is -0.125. The van der Waals surface area contributed by atoms with Crippen molar-refractivity contribution >= 4 is 23.3 Å². The summed E-state index contributed by atoms with van der Waals surface area (Å²) in [6.07, 6.45) is -0.302. The fourth-order valence-corrected chi connectivity index (χ4v) is 2.53. The zero-order valence-electron chi connectivity index (χ0n) is 13.1. The van der Waals surface area contributed by atoms with Crippen molar-refractivity contribution in [3.05, 3.63) is 58.5 Å². The van der Waals surface area contributed by atoms with Crippen LogP contribution in [0.4, 0.5) is 0 Å². The Balaban J connectivity index is 1.81. The number of carbonyl (C=O) groups is 4. The summed E-state index contributed by atoms with van der Waals surface area (Å²) in [5, 5.41) is 8.62. The van der Waals surface area contributed by atoms with Crippen molar-refractivity contribution in [2.75, 3.05) is 13.2 Å². The average molecular weight is 342 g/mol. The Morgan fingerprint density at radius 2 is 1.72 bits per heavy atom. The third-order valence-corrected chi connectivity index (χ3v) is 3.74. The lowest BCUT2D eigenvalue weighted by atomic mass is 9.88. The quantitative estimate of drug-likeness (QED) is 0.313. The van der Waals surface area contributed by atoms with Crippen molar-refractivity contribution in [2.24, 2.45) is 0 Å². The van der Waals surface area contributed by atoms with Crippen LogP contribution < -0.4 is 0 Å². The maximum Gasteiger partial charge on any atom is 0.313 e. The first kappa shape index (κ1) is 16.8. The van der Waals surface area contributed by atoms with E-state index in [1.165, 1.54) is 18.2 Å². The SMILES string of the molecule is O=C(CC(=O)c1cc2c(o1)C(=O)c1ccccc1C2=O)OCCCO. The van der Waals surface area contributed by atoms with Crippen LogP contribution in [-0.4, -0.2) is 41.6 Å². The van der Waals surface area contributed by atoms with Crippen LogP contribution in [0, 0.1) is 0 Å². The maximum absolute atomic E-state index is 12.4. The van der Waals surface area contributed by atoms with Gasteiger partial charge in [0.25, 0.3) is 0 Å². The minimum Gasteiger partial charge on any atom is -0.465 e. The number of ketones is 3. The van der Waals surface area contributed by atoms with E-state index < -0.39 is 29.7 Å². The van der Waals surface area contributed by atoms with Gasteiger partial charge in [-0.25, -0.2) is 0 Å². The van der Waals surface area contributed by atoms with Gasteiger partial charge in [-0.3, -0.25) is 19.2 Å². The van der Waals surface area contributed by atoms with E-state index in [0.29, 0.717) is 0 Å². The molecule has 3 rings (SSSR count). The van der Waals surface area contributed by atoms with Gasteiger partial charge in [0.1, 0.15) is 6.42 Å². The number of benzene rings is 1. The van der Waals surface area contributed by atoms with Crippen molar-refractivity contribution in [2.45, 2.75) is 12.8 Å². The zero-order valence-corrected chi connectivity index (χ0v) is 13.1. The maximum atomic E-state index is 12.4. The molecular weight excluding hydrogens is 328 g/mol. The van der Waals surface area contributed by atoms with Crippen LogP contribution in [-0.2, 0) is 9.53 Å². The molecular formula is C18H14O7. The summed E-state index contributed by atoms with van der Waals surface area (Å²) in [6, 6.07) is 7.51. The molecule has 0 saturated carbocycles. The molecule has 1 N–H and O–H groups in total. The molecule has 0 unspecified atom stereocenters. The van der Waals surface area contributed by atoms with Gasteiger partial charge in [-0.1, -0.05) is 24.3 Å². The Morgan fingerprint density at radius 3 is 2.40 bits per heavy atom. The molecule has 7 heteroatoms. The molecule has 0 bridgehead atoms. The van der Waals surface area contributed by atoms with Gasteiger partial charge >= 0.3 is 5.97 Å². The van der Waals surface area contributed by atoms with Gasteiger partial charge in [0.2, 0.25) is 11.6 Å². The molecule has 0 radical (unpaired) electrons. The third-order valence-electron chi connectivity index (χ3n) is 3.74. The first-order valence-corrected chi connectivity index (χ1v) is 7.65. The van der Waals surface area contributed by atoms with Crippen LogP contribution in [0.5, 0.6) is 0 Å². The number of rotatable bonds is 6. The highest BCUT2D eigenvalue weighted by Crippen LogP contribution is 2.29. The lowest BCUT2D eigenvalue weighted by molar-refractivity contribution is -0.142. The van der Waals surface area contributed by atoms with Crippen molar-refractivity contribution in [3.8, 4) is 0 Å². The van der Waals surface area contributed by atoms with Gasteiger partial charge in [-0.05, 0) is 6.07 Å². The highest BCUT2D eigenvalue weighted by molar-refractivity contribution is 6.28. The number of furan rings is 1. The second-order valence-corrected chi connectivity index (χ2v) is 5.45. The number of aliphatic hydroxyl groups excluding tert-OH is 1. The van der Waals surface area contributed by atoms with Crippen LogP contribution in [0.25, 0.3) is 0 Å². The van der Waals surface area contributed by atoms with Gasteiger partial charge in [-0.2, -0.15) is 0 Å². The Hall–Kier alpha value is -3.06. The van der Waals surface area contributed by atoms with E-state index in [0.717, 1.165) is 0 Å². The lowest BCUT2D eigenvalue weighted by Gasteiger charge is -2.11. The first-order valence-electron chi connectivity index (χ1n) is 7.65. The smallest absolute Gasteiger partial charge is 0.313 e. The standard InChI is InChI=1S/C18H14O7/c19-6-3-7-24-15(21)9-13(20)14-8-12-16(22)10-4-1-2-5-11(10)17(23)18(12)25-14/h1-2,4-5,8,19H,3,6-7,9H2. The topological polar surface area (TPSA) is 111 Å². The molecule has 0 atom stereocenters. The van der Waals surface area contributed by atoms with E-state index in [-0.39, 0.29) is 47.8 Å². The molecule has 0 fully saturated rings. The van der Waals surface area contributed by atoms with Gasteiger partial charge in [0.15, 0.2) is 17.3 Å². The van der Waals surface area contributed by atoms with E-state index in [9.17, 15) is 19.2 Å². The van der Waals surface area contributed by atoms with E-state index >= 15 is 0 Å². The predicted octanol–water partition coefficient (Wildman–Crippen LogP) is 1.55. The molecule has 0 spiro atoms. The summed E-state index contributed by atoms with van der Waals surface area (Å²) >= 11 is 0. The number of hydrogen-bond acceptors (Lipinski definition) is 7. The molecule has 2 aromatic rings. The van der Waals surface area contributed by atoms with Crippen molar-refractivity contribution in [1.29, 1.82) is 0 Å². The van der Waals surface area contributed by atoms with Gasteiger partial charge < -0.3 is 14.3 Å². The Labute approximate surface area is 142 Å². The van der Waals surface area contributed by atoms with E-state index in [1.54, 1.807) is 12.1 Å². The van der Waals surface area contributed by atoms with Crippen LogP contribution >= 0.6 is 0 Å². The molecule has 25 heavy (non-hydrogen) atoms. The molecule has 0 saturated heterocycles. The number of fused-ring (bicyclic) bond motifs is 2. The second kappa shape index (κ2) is 6.82. The zero-order chi connectivity index (χ0) is 18.0. The number of ether oxygens (including phenoxy) is 1. The molecule has 1 aromatic carbocycles. The molecule has 0 amide bonds. The van der Waals surface area contributed by atoms with Crippen molar-refractivity contribution < 1.29 is 33.4 Å². The van der Waals surface area contributed by atoms with Crippen LogP contribution in [0.3, 0.4) is 0 Å². The van der Waals surface area contributed by atoms with Gasteiger partial charge in [0.05, 0.1) is 12.2 Å². The van der Waals surface area contributed by atoms with E-state index in [2.05, 4.69) is 0 Å². The average Bonchev–Trinajstić information content (AvgIpc) is 3.06. The van der Waals surface area contributed by atoms with Crippen molar-refractivity contribution in [3.63, 3.8) is 0 Å². The van der Waals surface area contributed by atoms with Crippen LogP contribution in [0.15, 0.2) is 34.7 Å². The van der Waals surface area contributed by atoms with Crippen LogP contribution in [0.1, 0.15) is 55.4 Å². The minimum absolute atomic E-state index is 0.00352. The van der Waals surface area contributed by atoms with Crippen molar-refractivity contribution in [1.82, 2.24) is 0 Å². The normalized spacial score (nSPS) is 12.5. The molecule has 128 valence electrons. The number of hydrogen-bond donors (Lipinski definition) is 1. The van der Waals surface area contributed by atoms with Gasteiger partial charge in [0, 0.05) is 24.2 Å². The second-order valence-electron chi connectivity index (χ2n) is 5.45. The summed E-state index contributed by atoms with van der Waals surface area (Å²) in [4.78, 5) is 48.5. The summed E-state index contributed by atoms with van der Waals surface area (Å²) in [7, 11) is 0. The highest BCUT2D eigenvalue weighted by Gasteiger charge is 2.34. The predicted molar refractivity (Wildman–Crippen MR) is 83.6 cm³/mol. The third kappa shape index (κ3) is 3.14. The fourth-order valence-electron chi connectivity index (χ4n) is 2.53. The summed E-state index contributed by atoms with van der Waals surface area (Å²) in [5.41, 5.74) is 0.487. The number of aliphatic hydroxyl groups is 1. The lowest BCUT2D eigenvalue weighted by Crippen LogP contribution is -2.18. The van der Waals surface area contributed by atoms with E-state index in [1.807, 2.05) is 0 Å². The number of carbonyl (C=O) groups excluding carboxylic acids is 4. The number of esters is 1. The molecule has 7 nitrogen and oxygen atoms in total. The molecule has 1 aromatic heterocycles. The number of Topliss-reactive ketones (excluding diaryl/α,β-unsaturated/α-hetero) is 1. The summed E-state index contributed by atoms with van der Waals surface area (Å²) < 4.78 is 10.0. The highest BCUT2D eigenvalue weighted by atomic mass is 16.5. The first-order chi connectivity index (χ1) is 12.0. The van der Waals surface area contributed by atoms with Gasteiger partial charge in [-0.15, -0.1) is 0 Å². The Kier molecular flexibility index (Phi) is 4.58. The summed E-state index contributed by atoms with van der Waals surface area (Å²) in [5.74, 6) is -2.77. The fraction of sp³-hybridized carbons (Fsp3) is 0.222. The molecule has 1 heterocycles. The minimum atomic E-state index is -0.770. The molecule has 1 aliphatic carbocycles. The Morgan fingerprint density at radius 1 is 1.04 bits per heavy atom. The molecule has 1 aliphatic rings. The van der Waals surface area contributed by atoms with Crippen LogP contribution in [0.2, 0.25) is 0 Å². The molecule has 0 aliphatic heterocycles. The Bertz CT molecular complexity index is 823. The monoisotopic (exact) mass is 342 g/mol. The van der Waals surface area contributed by atoms with E-state index in [4.69, 9.17) is 14.3 Å².